The molecular formula is C15H26N2O2. The summed E-state index contributed by atoms with van der Waals surface area (Å²) in [6.07, 6.45) is 4.45. The van der Waals surface area contributed by atoms with E-state index in [2.05, 4.69) is 24.8 Å². The standard InChI is InChI=1S/C15H26N2O2/c1-10-5-4-6-11(2)13(10)8-17-7-12(3)19-14(9-17)15(16)18/h5,11-14H,4,6-9H2,1-3H3,(H2,16,18)/t11?,12-,13?,14?/m1/s1. The number of ether oxygens (including phenoxy) is 1. The van der Waals surface area contributed by atoms with Crippen LogP contribution in [0, 0.1) is 11.8 Å². The Bertz CT molecular complexity index is 367. The fourth-order valence-electron chi connectivity index (χ4n) is 3.32. The number of nitrogens with zero attached hydrogens (tertiary/aromatic N) is 1. The van der Waals surface area contributed by atoms with E-state index < -0.39 is 6.10 Å². The molecule has 4 atom stereocenters. The molecule has 0 spiro atoms. The Kier molecular flexibility index (Phi) is 4.63. The maximum absolute atomic E-state index is 11.3. The molecule has 0 aromatic heterocycles. The van der Waals surface area contributed by atoms with E-state index in [4.69, 9.17) is 10.5 Å². The molecule has 0 aromatic carbocycles. The maximum Gasteiger partial charge on any atom is 0.247 e. The molecule has 1 amide bonds. The van der Waals surface area contributed by atoms with E-state index in [1.54, 1.807) is 0 Å². The van der Waals surface area contributed by atoms with Crippen molar-refractivity contribution < 1.29 is 9.53 Å². The third kappa shape index (κ3) is 3.57. The first-order chi connectivity index (χ1) is 8.97. The van der Waals surface area contributed by atoms with Gasteiger partial charge in [0, 0.05) is 19.6 Å². The SMILES string of the molecule is CC1=CCCC(C)C1CN1CC(C(N)=O)O[C@H](C)C1. The summed E-state index contributed by atoms with van der Waals surface area (Å²) < 4.78 is 5.59. The molecule has 4 heteroatoms. The van der Waals surface area contributed by atoms with Gasteiger partial charge in [-0.3, -0.25) is 9.69 Å². The lowest BCUT2D eigenvalue weighted by molar-refractivity contribution is -0.142. The number of hydrogen-bond acceptors (Lipinski definition) is 3. The van der Waals surface area contributed by atoms with Gasteiger partial charge in [-0.25, -0.2) is 0 Å². The summed E-state index contributed by atoms with van der Waals surface area (Å²) in [7, 11) is 0. The van der Waals surface area contributed by atoms with Gasteiger partial charge in [0.15, 0.2) is 0 Å². The zero-order valence-corrected chi connectivity index (χ0v) is 12.3. The Morgan fingerprint density at radius 2 is 2.21 bits per heavy atom. The number of morpholine rings is 1. The lowest BCUT2D eigenvalue weighted by atomic mass is 9.79. The van der Waals surface area contributed by atoms with E-state index in [1.165, 1.54) is 18.4 Å². The first-order valence-electron chi connectivity index (χ1n) is 7.31. The highest BCUT2D eigenvalue weighted by Gasteiger charge is 2.32. The Morgan fingerprint density at radius 1 is 1.47 bits per heavy atom. The quantitative estimate of drug-likeness (QED) is 0.789. The minimum atomic E-state index is -0.452. The minimum absolute atomic E-state index is 0.0782. The highest BCUT2D eigenvalue weighted by atomic mass is 16.5. The molecule has 1 fully saturated rings. The van der Waals surface area contributed by atoms with Crippen molar-refractivity contribution >= 4 is 5.91 Å². The predicted octanol–water partition coefficient (Wildman–Crippen LogP) is 1.55. The zero-order valence-electron chi connectivity index (χ0n) is 12.3. The van der Waals surface area contributed by atoms with E-state index >= 15 is 0 Å². The summed E-state index contributed by atoms with van der Waals surface area (Å²) in [6, 6.07) is 0. The van der Waals surface area contributed by atoms with Gasteiger partial charge in [-0.1, -0.05) is 18.6 Å². The average Bonchev–Trinajstić information content (AvgIpc) is 2.33. The average molecular weight is 266 g/mol. The number of carbonyl (C=O) groups is 1. The van der Waals surface area contributed by atoms with Crippen LogP contribution in [-0.4, -0.2) is 42.6 Å². The summed E-state index contributed by atoms with van der Waals surface area (Å²) in [5.41, 5.74) is 6.87. The second kappa shape index (κ2) is 6.06. The van der Waals surface area contributed by atoms with E-state index in [-0.39, 0.29) is 12.0 Å². The summed E-state index contributed by atoms with van der Waals surface area (Å²) in [4.78, 5) is 13.7. The number of rotatable bonds is 3. The van der Waals surface area contributed by atoms with Gasteiger partial charge in [-0.2, -0.15) is 0 Å². The largest absolute Gasteiger partial charge is 0.367 e. The van der Waals surface area contributed by atoms with E-state index in [0.717, 1.165) is 19.0 Å². The van der Waals surface area contributed by atoms with Crippen LogP contribution in [0.25, 0.3) is 0 Å². The van der Waals surface area contributed by atoms with E-state index in [9.17, 15) is 4.79 Å². The normalized spacial score (nSPS) is 36.9. The van der Waals surface area contributed by atoms with Crippen molar-refractivity contribution in [2.75, 3.05) is 19.6 Å². The van der Waals surface area contributed by atoms with Crippen LogP contribution in [0.4, 0.5) is 0 Å². The van der Waals surface area contributed by atoms with Crippen molar-refractivity contribution in [2.45, 2.75) is 45.8 Å². The van der Waals surface area contributed by atoms with Crippen molar-refractivity contribution in [1.29, 1.82) is 0 Å². The van der Waals surface area contributed by atoms with Crippen LogP contribution in [0.5, 0.6) is 0 Å². The molecule has 2 rings (SSSR count). The van der Waals surface area contributed by atoms with Crippen LogP contribution in [0.15, 0.2) is 11.6 Å². The summed E-state index contributed by atoms with van der Waals surface area (Å²) >= 11 is 0. The molecule has 0 aromatic rings. The fourth-order valence-corrected chi connectivity index (χ4v) is 3.32. The van der Waals surface area contributed by atoms with Crippen LogP contribution in [0.1, 0.15) is 33.6 Å². The molecule has 1 heterocycles. The number of nitrogens with two attached hydrogens (primary N) is 1. The van der Waals surface area contributed by atoms with Gasteiger partial charge in [0.05, 0.1) is 6.10 Å². The molecule has 4 nitrogen and oxygen atoms in total. The van der Waals surface area contributed by atoms with Gasteiger partial charge in [0.25, 0.3) is 0 Å². The Morgan fingerprint density at radius 3 is 2.84 bits per heavy atom. The maximum atomic E-state index is 11.3. The summed E-state index contributed by atoms with van der Waals surface area (Å²) in [5, 5.41) is 0. The summed E-state index contributed by atoms with van der Waals surface area (Å²) in [5.74, 6) is 0.975. The van der Waals surface area contributed by atoms with Crippen LogP contribution >= 0.6 is 0 Å². The van der Waals surface area contributed by atoms with Crippen molar-refractivity contribution in [3.63, 3.8) is 0 Å². The van der Waals surface area contributed by atoms with Gasteiger partial charge in [0.2, 0.25) is 5.91 Å². The Balaban J connectivity index is 1.99. The molecule has 1 aliphatic carbocycles. The van der Waals surface area contributed by atoms with Crippen molar-refractivity contribution in [3.8, 4) is 0 Å². The molecule has 1 saturated heterocycles. The smallest absolute Gasteiger partial charge is 0.247 e. The lowest BCUT2D eigenvalue weighted by Gasteiger charge is -2.39. The van der Waals surface area contributed by atoms with Crippen LogP contribution in [-0.2, 0) is 9.53 Å². The molecule has 0 saturated carbocycles. The van der Waals surface area contributed by atoms with Crippen molar-refractivity contribution in [2.24, 2.45) is 17.6 Å². The van der Waals surface area contributed by atoms with Gasteiger partial charge >= 0.3 is 0 Å². The molecule has 3 unspecified atom stereocenters. The van der Waals surface area contributed by atoms with Gasteiger partial charge < -0.3 is 10.5 Å². The monoisotopic (exact) mass is 266 g/mol. The van der Waals surface area contributed by atoms with Crippen LogP contribution in [0.3, 0.4) is 0 Å². The molecule has 1 aliphatic heterocycles. The number of carbonyl (C=O) groups excluding carboxylic acids is 1. The third-order valence-electron chi connectivity index (χ3n) is 4.47. The van der Waals surface area contributed by atoms with Gasteiger partial charge in [-0.05, 0) is 38.5 Å². The van der Waals surface area contributed by atoms with E-state index in [0.29, 0.717) is 12.5 Å². The van der Waals surface area contributed by atoms with Gasteiger partial charge in [0.1, 0.15) is 6.10 Å². The molecule has 2 N–H and O–H groups in total. The Labute approximate surface area is 116 Å². The lowest BCUT2D eigenvalue weighted by Crippen LogP contribution is -2.53. The number of amides is 1. The Hall–Kier alpha value is -0.870. The zero-order chi connectivity index (χ0) is 14.0. The topological polar surface area (TPSA) is 55.6 Å². The molecule has 2 aliphatic rings. The number of hydrogen-bond donors (Lipinski definition) is 1. The molecule has 19 heavy (non-hydrogen) atoms. The second-order valence-corrected chi connectivity index (χ2v) is 6.17. The first kappa shape index (κ1) is 14.5. The van der Waals surface area contributed by atoms with Gasteiger partial charge in [-0.15, -0.1) is 0 Å². The minimum Gasteiger partial charge on any atom is -0.367 e. The van der Waals surface area contributed by atoms with E-state index in [1.807, 2.05) is 6.92 Å². The molecule has 0 bridgehead atoms. The highest BCUT2D eigenvalue weighted by Crippen LogP contribution is 2.31. The first-order valence-corrected chi connectivity index (χ1v) is 7.31. The fraction of sp³-hybridized carbons (Fsp3) is 0.800. The number of allylic oxidation sites excluding steroid dienone is 1. The second-order valence-electron chi connectivity index (χ2n) is 6.17. The van der Waals surface area contributed by atoms with Crippen molar-refractivity contribution in [1.82, 2.24) is 4.90 Å². The number of primary amides is 1. The molecule has 108 valence electrons. The highest BCUT2D eigenvalue weighted by molar-refractivity contribution is 5.79. The summed E-state index contributed by atoms with van der Waals surface area (Å²) in [6.45, 7) is 9.11. The van der Waals surface area contributed by atoms with Crippen LogP contribution < -0.4 is 5.73 Å². The third-order valence-corrected chi connectivity index (χ3v) is 4.47. The molecule has 0 radical (unpaired) electrons. The van der Waals surface area contributed by atoms with Crippen LogP contribution in [0.2, 0.25) is 0 Å². The molecular weight excluding hydrogens is 240 g/mol. The van der Waals surface area contributed by atoms with Crippen molar-refractivity contribution in [3.05, 3.63) is 11.6 Å². The predicted molar refractivity (Wildman–Crippen MR) is 75.6 cm³/mol.